The molecule has 2 aromatic rings. The highest BCUT2D eigenvalue weighted by Crippen LogP contribution is 2.37. The normalized spacial score (nSPS) is 16.5. The molecule has 0 bridgehead atoms. The summed E-state index contributed by atoms with van der Waals surface area (Å²) in [6.45, 7) is 3.21. The van der Waals surface area contributed by atoms with Gasteiger partial charge in [0.25, 0.3) is 0 Å². The minimum atomic E-state index is -4.38. The Kier molecular flexibility index (Phi) is 4.54. The third kappa shape index (κ3) is 3.56. The molecule has 1 unspecified atom stereocenters. The molecule has 3 rings (SSSR count). The van der Waals surface area contributed by atoms with E-state index in [4.69, 9.17) is 0 Å². The van der Waals surface area contributed by atoms with Crippen LogP contribution in [0.1, 0.15) is 37.0 Å². The molecular weight excluding hydrogens is 315 g/mol. The van der Waals surface area contributed by atoms with E-state index in [1.54, 1.807) is 31.2 Å². The van der Waals surface area contributed by atoms with Gasteiger partial charge in [-0.05, 0) is 60.7 Å². The van der Waals surface area contributed by atoms with Gasteiger partial charge in [0.15, 0.2) is 0 Å². The number of anilines is 1. The monoisotopic (exact) mass is 335 g/mol. The van der Waals surface area contributed by atoms with E-state index < -0.39 is 17.8 Å². The summed E-state index contributed by atoms with van der Waals surface area (Å²) in [5, 5.41) is 9.72. The molecule has 1 heterocycles. The number of alkyl halides is 3. The predicted molar refractivity (Wildman–Crippen MR) is 89.0 cm³/mol. The van der Waals surface area contributed by atoms with Crippen LogP contribution in [0.5, 0.6) is 0 Å². The molecule has 5 heteroatoms. The highest BCUT2D eigenvalue weighted by Gasteiger charge is 2.32. The lowest BCUT2D eigenvalue weighted by molar-refractivity contribution is -0.137. The average molecular weight is 335 g/mol. The van der Waals surface area contributed by atoms with Crippen LogP contribution >= 0.6 is 0 Å². The van der Waals surface area contributed by atoms with E-state index in [1.807, 2.05) is 11.0 Å². The van der Waals surface area contributed by atoms with Crippen molar-refractivity contribution in [1.82, 2.24) is 0 Å². The molecule has 1 saturated heterocycles. The maximum absolute atomic E-state index is 13.3. The third-order valence-corrected chi connectivity index (χ3v) is 4.42. The molecule has 0 spiro atoms. The molecule has 2 aromatic carbocycles. The molecule has 2 nitrogen and oxygen atoms in total. The van der Waals surface area contributed by atoms with Crippen molar-refractivity contribution in [3.63, 3.8) is 0 Å². The SMILES string of the molecule is CC(O)c1cccc(-c2cc(N3CCCC3)cc(C(F)(F)F)c2)c1. The predicted octanol–water partition coefficient (Wildman–Crippen LogP) is 5.03. The summed E-state index contributed by atoms with van der Waals surface area (Å²) in [6.07, 6.45) is -3.03. The molecule has 1 aliphatic heterocycles. The first-order chi connectivity index (χ1) is 11.3. The van der Waals surface area contributed by atoms with Crippen molar-refractivity contribution in [2.24, 2.45) is 0 Å². The summed E-state index contributed by atoms with van der Waals surface area (Å²) in [5.74, 6) is 0. The van der Waals surface area contributed by atoms with Crippen LogP contribution in [0.25, 0.3) is 11.1 Å². The standard InChI is InChI=1S/C19H20F3NO/c1-13(24)14-5-4-6-15(9-14)16-10-17(19(20,21)22)12-18(11-16)23-7-2-3-8-23/h4-6,9-13,24H,2-3,7-8H2,1H3. The van der Waals surface area contributed by atoms with Crippen LogP contribution in [0.2, 0.25) is 0 Å². The first kappa shape index (κ1) is 16.8. The second-order valence-electron chi connectivity index (χ2n) is 6.26. The Morgan fingerprint density at radius 2 is 1.71 bits per heavy atom. The number of nitrogens with zero attached hydrogens (tertiary/aromatic N) is 1. The lowest BCUT2D eigenvalue weighted by Crippen LogP contribution is -2.18. The summed E-state index contributed by atoms with van der Waals surface area (Å²) in [4.78, 5) is 2.00. The van der Waals surface area contributed by atoms with Gasteiger partial charge in [0.1, 0.15) is 0 Å². The summed E-state index contributed by atoms with van der Waals surface area (Å²) in [6, 6.07) is 11.3. The van der Waals surface area contributed by atoms with E-state index in [9.17, 15) is 18.3 Å². The second kappa shape index (κ2) is 6.48. The molecule has 1 aliphatic rings. The highest BCUT2D eigenvalue weighted by atomic mass is 19.4. The quantitative estimate of drug-likeness (QED) is 0.851. The van der Waals surface area contributed by atoms with Crippen LogP contribution in [-0.2, 0) is 6.18 Å². The molecule has 0 aliphatic carbocycles. The van der Waals surface area contributed by atoms with Gasteiger partial charge in [-0.1, -0.05) is 18.2 Å². The lowest BCUT2D eigenvalue weighted by atomic mass is 9.98. The highest BCUT2D eigenvalue weighted by molar-refractivity contribution is 5.71. The summed E-state index contributed by atoms with van der Waals surface area (Å²) in [5.41, 5.74) is 1.87. The van der Waals surface area contributed by atoms with Gasteiger partial charge in [0.2, 0.25) is 0 Å². The van der Waals surface area contributed by atoms with Gasteiger partial charge in [-0.3, -0.25) is 0 Å². The van der Waals surface area contributed by atoms with E-state index in [1.165, 1.54) is 12.1 Å². The Hall–Kier alpha value is -2.01. The molecule has 0 aromatic heterocycles. The molecule has 1 atom stereocenters. The zero-order valence-electron chi connectivity index (χ0n) is 13.5. The van der Waals surface area contributed by atoms with Crippen LogP contribution in [0.3, 0.4) is 0 Å². The van der Waals surface area contributed by atoms with Gasteiger partial charge in [0.05, 0.1) is 11.7 Å². The van der Waals surface area contributed by atoms with Gasteiger partial charge >= 0.3 is 6.18 Å². The number of rotatable bonds is 3. The molecule has 1 fully saturated rings. The zero-order valence-corrected chi connectivity index (χ0v) is 13.5. The van der Waals surface area contributed by atoms with Gasteiger partial charge in [-0.15, -0.1) is 0 Å². The summed E-state index contributed by atoms with van der Waals surface area (Å²) < 4.78 is 39.9. The summed E-state index contributed by atoms with van der Waals surface area (Å²) in [7, 11) is 0. The zero-order chi connectivity index (χ0) is 17.3. The Labute approximate surface area is 139 Å². The van der Waals surface area contributed by atoms with Crippen molar-refractivity contribution in [1.29, 1.82) is 0 Å². The maximum atomic E-state index is 13.3. The number of aliphatic hydroxyl groups excluding tert-OH is 1. The molecular formula is C19H20F3NO. The number of benzene rings is 2. The van der Waals surface area contributed by atoms with Crippen LogP contribution < -0.4 is 4.90 Å². The van der Waals surface area contributed by atoms with Crippen molar-refractivity contribution >= 4 is 5.69 Å². The fourth-order valence-electron chi connectivity index (χ4n) is 3.08. The van der Waals surface area contributed by atoms with E-state index in [0.29, 0.717) is 22.4 Å². The van der Waals surface area contributed by atoms with Crippen LogP contribution in [0.15, 0.2) is 42.5 Å². The Morgan fingerprint density at radius 3 is 2.33 bits per heavy atom. The number of aliphatic hydroxyl groups is 1. The first-order valence-corrected chi connectivity index (χ1v) is 8.10. The van der Waals surface area contributed by atoms with E-state index in [0.717, 1.165) is 25.9 Å². The molecule has 0 radical (unpaired) electrons. The lowest BCUT2D eigenvalue weighted by Gasteiger charge is -2.21. The van der Waals surface area contributed by atoms with Gasteiger partial charge in [-0.25, -0.2) is 0 Å². The Morgan fingerprint density at radius 1 is 1.00 bits per heavy atom. The molecule has 1 N–H and O–H groups in total. The minimum absolute atomic E-state index is 0.522. The Balaban J connectivity index is 2.09. The van der Waals surface area contributed by atoms with E-state index >= 15 is 0 Å². The van der Waals surface area contributed by atoms with Crippen LogP contribution in [-0.4, -0.2) is 18.2 Å². The van der Waals surface area contributed by atoms with Gasteiger partial charge < -0.3 is 10.0 Å². The largest absolute Gasteiger partial charge is 0.416 e. The smallest absolute Gasteiger partial charge is 0.389 e. The van der Waals surface area contributed by atoms with Gasteiger partial charge in [-0.2, -0.15) is 13.2 Å². The Bertz CT molecular complexity index is 719. The number of hydrogen-bond acceptors (Lipinski definition) is 2. The first-order valence-electron chi connectivity index (χ1n) is 8.10. The summed E-state index contributed by atoms with van der Waals surface area (Å²) >= 11 is 0. The average Bonchev–Trinajstić information content (AvgIpc) is 3.08. The van der Waals surface area contributed by atoms with Crippen LogP contribution in [0.4, 0.5) is 18.9 Å². The molecule has 24 heavy (non-hydrogen) atoms. The molecule has 0 saturated carbocycles. The van der Waals surface area contributed by atoms with Crippen LogP contribution in [0, 0.1) is 0 Å². The van der Waals surface area contributed by atoms with E-state index in [2.05, 4.69) is 0 Å². The van der Waals surface area contributed by atoms with Crippen molar-refractivity contribution in [2.45, 2.75) is 32.0 Å². The fraction of sp³-hybridized carbons (Fsp3) is 0.368. The number of hydrogen-bond donors (Lipinski definition) is 1. The van der Waals surface area contributed by atoms with Crippen molar-refractivity contribution < 1.29 is 18.3 Å². The van der Waals surface area contributed by atoms with Crippen molar-refractivity contribution in [2.75, 3.05) is 18.0 Å². The topological polar surface area (TPSA) is 23.5 Å². The number of halogens is 3. The van der Waals surface area contributed by atoms with E-state index in [-0.39, 0.29) is 0 Å². The third-order valence-electron chi connectivity index (χ3n) is 4.42. The van der Waals surface area contributed by atoms with Crippen molar-refractivity contribution in [3.8, 4) is 11.1 Å². The van der Waals surface area contributed by atoms with Gasteiger partial charge in [0, 0.05) is 18.8 Å². The van der Waals surface area contributed by atoms with Crippen molar-refractivity contribution in [3.05, 3.63) is 53.6 Å². The minimum Gasteiger partial charge on any atom is -0.389 e. The molecule has 0 amide bonds. The maximum Gasteiger partial charge on any atom is 0.416 e. The second-order valence-corrected chi connectivity index (χ2v) is 6.26. The molecule has 128 valence electrons. The fourth-order valence-corrected chi connectivity index (χ4v) is 3.08.